The van der Waals surface area contributed by atoms with Gasteiger partial charge in [-0.25, -0.2) is 4.98 Å². The number of hydrogen-bond acceptors (Lipinski definition) is 5. The Hall–Kier alpha value is -0.980. The molecule has 6 heteroatoms. The van der Waals surface area contributed by atoms with Crippen molar-refractivity contribution in [3.8, 4) is 0 Å². The highest BCUT2D eigenvalue weighted by Crippen LogP contribution is 2.17. The molecule has 1 atom stereocenters. The fraction of sp³-hybridized carbons (Fsp3) is 0.692. The number of nitrogens with zero attached hydrogens (tertiary/aromatic N) is 3. The van der Waals surface area contributed by atoms with Gasteiger partial charge in [-0.3, -0.25) is 9.69 Å². The van der Waals surface area contributed by atoms with Crippen LogP contribution in [0.25, 0.3) is 0 Å². The molecule has 0 saturated carbocycles. The first-order valence-corrected chi connectivity index (χ1v) is 7.65. The van der Waals surface area contributed by atoms with Crippen molar-refractivity contribution in [3.63, 3.8) is 0 Å². The first-order valence-electron chi connectivity index (χ1n) is 6.77. The van der Waals surface area contributed by atoms with E-state index in [0.717, 1.165) is 26.2 Å². The molecule has 1 unspecified atom stereocenters. The van der Waals surface area contributed by atoms with E-state index in [1.165, 1.54) is 17.8 Å². The molecule has 0 bridgehead atoms. The van der Waals surface area contributed by atoms with Gasteiger partial charge in [0, 0.05) is 24.7 Å². The summed E-state index contributed by atoms with van der Waals surface area (Å²) in [7, 11) is 2.15. The van der Waals surface area contributed by atoms with Crippen LogP contribution in [0.15, 0.2) is 11.6 Å². The second kappa shape index (κ2) is 6.98. The summed E-state index contributed by atoms with van der Waals surface area (Å²) < 4.78 is 0. The van der Waals surface area contributed by atoms with Gasteiger partial charge in [0.05, 0.1) is 6.54 Å². The molecule has 5 nitrogen and oxygen atoms in total. The third-order valence-electron chi connectivity index (χ3n) is 3.53. The maximum absolute atomic E-state index is 11.9. The van der Waals surface area contributed by atoms with Crippen molar-refractivity contribution >= 4 is 22.4 Å². The lowest BCUT2D eigenvalue weighted by Crippen LogP contribution is -2.33. The van der Waals surface area contributed by atoms with Crippen LogP contribution in [0.3, 0.4) is 0 Å². The first-order chi connectivity index (χ1) is 9.17. The standard InChI is InChI=1S/C13H22N4OS/c1-3-16(2)8-11-4-6-17(9-11)10-12(18)15-13-14-5-7-19-13/h5,7,11H,3-4,6,8-10H2,1-2H3,(H,14,15,18). The molecule has 1 aliphatic heterocycles. The third kappa shape index (κ3) is 4.56. The number of carbonyl (C=O) groups excluding carboxylic acids is 1. The van der Waals surface area contributed by atoms with Crippen LogP contribution in [0.5, 0.6) is 0 Å². The molecule has 1 fully saturated rings. The maximum Gasteiger partial charge on any atom is 0.240 e. The summed E-state index contributed by atoms with van der Waals surface area (Å²) in [5, 5.41) is 5.38. The third-order valence-corrected chi connectivity index (χ3v) is 4.21. The normalized spacial score (nSPS) is 20.1. The molecule has 1 aliphatic rings. The number of thiazole rings is 1. The summed E-state index contributed by atoms with van der Waals surface area (Å²) in [6.07, 6.45) is 2.89. The number of carbonyl (C=O) groups is 1. The van der Waals surface area contributed by atoms with Gasteiger partial charge < -0.3 is 10.2 Å². The lowest BCUT2D eigenvalue weighted by Gasteiger charge is -2.19. The highest BCUT2D eigenvalue weighted by Gasteiger charge is 2.24. The van der Waals surface area contributed by atoms with Crippen LogP contribution in [0.4, 0.5) is 5.13 Å². The summed E-state index contributed by atoms with van der Waals surface area (Å²) in [6.45, 7) is 6.91. The minimum absolute atomic E-state index is 0.0412. The first kappa shape index (κ1) is 14.4. The van der Waals surface area contributed by atoms with Gasteiger partial charge in [-0.1, -0.05) is 6.92 Å². The van der Waals surface area contributed by atoms with Crippen molar-refractivity contribution in [3.05, 3.63) is 11.6 Å². The Morgan fingerprint density at radius 1 is 1.68 bits per heavy atom. The quantitative estimate of drug-likeness (QED) is 0.856. The van der Waals surface area contributed by atoms with Crippen molar-refractivity contribution in [1.82, 2.24) is 14.8 Å². The van der Waals surface area contributed by atoms with Crippen molar-refractivity contribution in [2.24, 2.45) is 5.92 Å². The van der Waals surface area contributed by atoms with Crippen LogP contribution in [-0.4, -0.2) is 60.5 Å². The Balaban J connectivity index is 1.71. The van der Waals surface area contributed by atoms with Crippen LogP contribution in [0, 0.1) is 5.92 Å². The Kier molecular flexibility index (Phi) is 5.30. The Labute approximate surface area is 118 Å². The van der Waals surface area contributed by atoms with Crippen molar-refractivity contribution in [1.29, 1.82) is 0 Å². The fourth-order valence-electron chi connectivity index (χ4n) is 2.42. The van der Waals surface area contributed by atoms with E-state index in [-0.39, 0.29) is 5.91 Å². The van der Waals surface area contributed by atoms with E-state index in [9.17, 15) is 4.79 Å². The molecule has 2 heterocycles. The second-order valence-electron chi connectivity index (χ2n) is 5.13. The predicted molar refractivity (Wildman–Crippen MR) is 78.5 cm³/mol. The lowest BCUT2D eigenvalue weighted by molar-refractivity contribution is -0.117. The molecular formula is C13H22N4OS. The number of nitrogens with one attached hydrogen (secondary N) is 1. The van der Waals surface area contributed by atoms with E-state index in [1.807, 2.05) is 5.38 Å². The Morgan fingerprint density at radius 3 is 3.21 bits per heavy atom. The molecule has 1 aromatic heterocycles. The zero-order valence-electron chi connectivity index (χ0n) is 11.6. The van der Waals surface area contributed by atoms with Gasteiger partial charge in [-0.05, 0) is 32.5 Å². The zero-order valence-corrected chi connectivity index (χ0v) is 12.4. The van der Waals surface area contributed by atoms with Crippen molar-refractivity contribution < 1.29 is 4.79 Å². The topological polar surface area (TPSA) is 48.5 Å². The van der Waals surface area contributed by atoms with Crippen LogP contribution < -0.4 is 5.32 Å². The molecule has 19 heavy (non-hydrogen) atoms. The van der Waals surface area contributed by atoms with Gasteiger partial charge in [0.1, 0.15) is 0 Å². The monoisotopic (exact) mass is 282 g/mol. The van der Waals surface area contributed by atoms with E-state index >= 15 is 0 Å². The van der Waals surface area contributed by atoms with Gasteiger partial charge in [0.25, 0.3) is 0 Å². The number of aromatic nitrogens is 1. The number of rotatable bonds is 6. The maximum atomic E-state index is 11.9. The van der Waals surface area contributed by atoms with Gasteiger partial charge in [-0.15, -0.1) is 11.3 Å². The molecule has 0 aromatic carbocycles. The number of hydrogen-bond donors (Lipinski definition) is 1. The van der Waals surface area contributed by atoms with Gasteiger partial charge in [0.15, 0.2) is 5.13 Å². The van der Waals surface area contributed by atoms with Crippen molar-refractivity contribution in [2.75, 3.05) is 45.1 Å². The van der Waals surface area contributed by atoms with Crippen LogP contribution >= 0.6 is 11.3 Å². The SMILES string of the molecule is CCN(C)CC1CCN(CC(=O)Nc2nccs2)C1. The Morgan fingerprint density at radius 2 is 2.53 bits per heavy atom. The minimum Gasteiger partial charge on any atom is -0.306 e. The summed E-state index contributed by atoms with van der Waals surface area (Å²) >= 11 is 1.45. The van der Waals surface area contributed by atoms with Crippen molar-refractivity contribution in [2.45, 2.75) is 13.3 Å². The summed E-state index contributed by atoms with van der Waals surface area (Å²) in [5.41, 5.74) is 0. The van der Waals surface area contributed by atoms with E-state index in [2.05, 4.69) is 34.1 Å². The average molecular weight is 282 g/mol. The summed E-state index contributed by atoms with van der Waals surface area (Å²) in [5.74, 6) is 0.733. The highest BCUT2D eigenvalue weighted by atomic mass is 32.1. The molecule has 1 aromatic rings. The second-order valence-corrected chi connectivity index (χ2v) is 6.02. The highest BCUT2D eigenvalue weighted by molar-refractivity contribution is 7.13. The summed E-state index contributed by atoms with van der Waals surface area (Å²) in [4.78, 5) is 20.5. The summed E-state index contributed by atoms with van der Waals surface area (Å²) in [6, 6.07) is 0. The van der Waals surface area contributed by atoms with Gasteiger partial charge >= 0.3 is 0 Å². The molecule has 1 saturated heterocycles. The molecule has 1 N–H and O–H groups in total. The largest absolute Gasteiger partial charge is 0.306 e. The molecular weight excluding hydrogens is 260 g/mol. The number of anilines is 1. The van der Waals surface area contributed by atoms with E-state index in [0.29, 0.717) is 17.6 Å². The fourth-order valence-corrected chi connectivity index (χ4v) is 2.97. The number of amides is 1. The molecule has 0 radical (unpaired) electrons. The minimum atomic E-state index is 0.0412. The van der Waals surface area contributed by atoms with Gasteiger partial charge in [0.2, 0.25) is 5.91 Å². The predicted octanol–water partition coefficient (Wildman–Crippen LogP) is 1.36. The van der Waals surface area contributed by atoms with Crippen LogP contribution in [-0.2, 0) is 4.79 Å². The zero-order chi connectivity index (χ0) is 13.7. The smallest absolute Gasteiger partial charge is 0.240 e. The van der Waals surface area contributed by atoms with Crippen LogP contribution in [0.2, 0.25) is 0 Å². The molecule has 2 rings (SSSR count). The Bertz CT molecular complexity index is 395. The van der Waals surface area contributed by atoms with E-state index in [4.69, 9.17) is 0 Å². The molecule has 0 aliphatic carbocycles. The van der Waals surface area contributed by atoms with E-state index in [1.54, 1.807) is 6.20 Å². The van der Waals surface area contributed by atoms with E-state index < -0.39 is 0 Å². The molecule has 106 valence electrons. The average Bonchev–Trinajstić information content (AvgIpc) is 3.01. The molecule has 1 amide bonds. The number of likely N-dealkylation sites (tertiary alicyclic amines) is 1. The molecule has 0 spiro atoms. The lowest BCUT2D eigenvalue weighted by atomic mass is 10.1. The van der Waals surface area contributed by atoms with Crippen LogP contribution in [0.1, 0.15) is 13.3 Å². The van der Waals surface area contributed by atoms with Gasteiger partial charge in [-0.2, -0.15) is 0 Å².